The van der Waals surface area contributed by atoms with E-state index in [0.717, 1.165) is 12.1 Å². The molecule has 1 saturated heterocycles. The van der Waals surface area contributed by atoms with Crippen LogP contribution >= 0.6 is 35.0 Å². The number of nitrogens with zero attached hydrogens (tertiary/aromatic N) is 1. The largest absolute Gasteiger partial charge is 0.435 e. The van der Waals surface area contributed by atoms with Crippen LogP contribution in [0, 0.1) is 6.92 Å². The Bertz CT molecular complexity index is 1090. The van der Waals surface area contributed by atoms with Gasteiger partial charge < -0.3 is 15.3 Å². The highest BCUT2D eigenvalue weighted by molar-refractivity contribution is 8.01. The van der Waals surface area contributed by atoms with E-state index in [1.54, 1.807) is 13.0 Å². The molecule has 0 radical (unpaired) electrons. The average molecular weight is 505 g/mol. The lowest BCUT2D eigenvalue weighted by molar-refractivity contribution is -0.275. The molecule has 0 bridgehead atoms. The van der Waals surface area contributed by atoms with Crippen LogP contribution in [0.25, 0.3) is 0 Å². The number of hydrogen-bond acceptors (Lipinski definition) is 5. The van der Waals surface area contributed by atoms with Crippen LogP contribution in [0.3, 0.4) is 0 Å². The Morgan fingerprint density at radius 2 is 1.94 bits per heavy atom. The van der Waals surface area contributed by atoms with Crippen LogP contribution < -0.4 is 5.32 Å². The van der Waals surface area contributed by atoms with Gasteiger partial charge in [-0.15, -0.1) is 11.8 Å². The monoisotopic (exact) mass is 504 g/mol. The number of oxime groups is 1. The van der Waals surface area contributed by atoms with Crippen LogP contribution in [0.1, 0.15) is 33.5 Å². The van der Waals surface area contributed by atoms with E-state index < -0.39 is 23.6 Å². The Labute approximate surface area is 195 Å². The summed E-state index contributed by atoms with van der Waals surface area (Å²) >= 11 is 13.2. The molecule has 5 nitrogen and oxygen atoms in total. The second-order valence-electron chi connectivity index (χ2n) is 7.62. The number of alkyl halides is 3. The van der Waals surface area contributed by atoms with Gasteiger partial charge in [0.15, 0.2) is 0 Å². The van der Waals surface area contributed by atoms with Gasteiger partial charge in [0.05, 0.1) is 11.8 Å². The molecule has 0 aliphatic carbocycles. The summed E-state index contributed by atoms with van der Waals surface area (Å²) in [5.74, 6) is 0.256. The SMILES string of the molecule is Cc1cc(C2=NO[C@@](c3cc(Cl)cc(Cl)c3)(C(F)(F)F)C2)ccc1C(=O)NC1CSC1O. The highest BCUT2D eigenvalue weighted by atomic mass is 35.5. The maximum atomic E-state index is 14.1. The first kappa shape index (κ1) is 23.2. The molecule has 2 aromatic rings. The zero-order valence-corrected chi connectivity index (χ0v) is 18.9. The molecule has 3 atom stereocenters. The van der Waals surface area contributed by atoms with Gasteiger partial charge in [0, 0.05) is 33.3 Å². The molecule has 170 valence electrons. The quantitative estimate of drug-likeness (QED) is 0.611. The lowest BCUT2D eigenvalue weighted by Crippen LogP contribution is -2.50. The average Bonchev–Trinajstić information content (AvgIpc) is 3.17. The first-order chi connectivity index (χ1) is 15.0. The molecular weight excluding hydrogens is 488 g/mol. The van der Waals surface area contributed by atoms with Gasteiger partial charge in [0.25, 0.3) is 11.5 Å². The van der Waals surface area contributed by atoms with E-state index in [2.05, 4.69) is 10.5 Å². The third-order valence-corrected chi connectivity index (χ3v) is 7.08. The topological polar surface area (TPSA) is 70.9 Å². The molecule has 2 N–H and O–H groups in total. The molecule has 1 fully saturated rings. The zero-order chi connectivity index (χ0) is 23.3. The maximum Gasteiger partial charge on any atom is 0.435 e. The number of amides is 1. The molecular formula is C21H17Cl2F3N2O3S. The highest BCUT2D eigenvalue weighted by Crippen LogP contribution is 2.49. The summed E-state index contributed by atoms with van der Waals surface area (Å²) in [6.07, 6.45) is -5.37. The van der Waals surface area contributed by atoms with Crippen molar-refractivity contribution in [1.29, 1.82) is 0 Å². The number of aryl methyl sites for hydroxylation is 1. The van der Waals surface area contributed by atoms with Crippen molar-refractivity contribution >= 4 is 46.6 Å². The van der Waals surface area contributed by atoms with Crippen molar-refractivity contribution in [2.45, 2.75) is 36.6 Å². The Morgan fingerprint density at radius 3 is 2.47 bits per heavy atom. The minimum Gasteiger partial charge on any atom is -0.380 e. The van der Waals surface area contributed by atoms with Gasteiger partial charge in [-0.2, -0.15) is 13.2 Å². The first-order valence-electron chi connectivity index (χ1n) is 9.50. The molecule has 2 unspecified atom stereocenters. The van der Waals surface area contributed by atoms with Gasteiger partial charge in [-0.05, 0) is 48.4 Å². The van der Waals surface area contributed by atoms with Gasteiger partial charge in [-0.25, -0.2) is 0 Å². The van der Waals surface area contributed by atoms with Crippen LogP contribution in [-0.2, 0) is 10.4 Å². The number of hydrogen-bond donors (Lipinski definition) is 2. The minimum absolute atomic E-state index is 0.0503. The van der Waals surface area contributed by atoms with Gasteiger partial charge >= 0.3 is 6.18 Å². The molecule has 32 heavy (non-hydrogen) atoms. The van der Waals surface area contributed by atoms with E-state index >= 15 is 0 Å². The van der Waals surface area contributed by atoms with E-state index in [1.165, 1.54) is 30.0 Å². The second-order valence-corrected chi connectivity index (χ2v) is 9.65. The smallest absolute Gasteiger partial charge is 0.380 e. The Kier molecular flexibility index (Phi) is 6.13. The molecule has 2 aliphatic rings. The van der Waals surface area contributed by atoms with Crippen molar-refractivity contribution in [1.82, 2.24) is 5.32 Å². The van der Waals surface area contributed by atoms with Crippen LogP contribution in [-0.4, -0.2) is 40.1 Å². The fraction of sp³-hybridized carbons (Fsp3) is 0.333. The fourth-order valence-electron chi connectivity index (χ4n) is 3.58. The van der Waals surface area contributed by atoms with Crippen LogP contribution in [0.2, 0.25) is 10.0 Å². The van der Waals surface area contributed by atoms with Crippen molar-refractivity contribution < 1.29 is 27.9 Å². The number of aliphatic hydroxyl groups excluding tert-OH is 1. The molecule has 2 aromatic carbocycles. The van der Waals surface area contributed by atoms with Crippen molar-refractivity contribution in [3.8, 4) is 0 Å². The molecule has 2 aliphatic heterocycles. The molecule has 0 saturated carbocycles. The third kappa shape index (κ3) is 4.19. The van der Waals surface area contributed by atoms with Crippen LogP contribution in [0.5, 0.6) is 0 Å². The van der Waals surface area contributed by atoms with Gasteiger partial charge in [-0.1, -0.05) is 34.4 Å². The molecule has 4 rings (SSSR count). The highest BCUT2D eigenvalue weighted by Gasteiger charge is 2.62. The standard InChI is InChI=1S/C21H17Cl2F3N2O3S/c1-10-4-11(2-3-15(10)18(29)27-17-9-32-19(17)30)16-8-20(31-28-16,21(24,25)26)12-5-13(22)7-14(23)6-12/h2-7,17,19,30H,8-9H2,1H3,(H,27,29)/t17?,19?,20-/m0/s1. The number of carbonyl (C=O) groups is 1. The lowest BCUT2D eigenvalue weighted by atomic mass is 9.86. The number of carbonyl (C=O) groups excluding carboxylic acids is 1. The summed E-state index contributed by atoms with van der Waals surface area (Å²) < 4.78 is 42.4. The normalized spacial score (nSPS) is 25.0. The Morgan fingerprint density at radius 1 is 1.25 bits per heavy atom. The first-order valence-corrected chi connectivity index (χ1v) is 11.3. The summed E-state index contributed by atoms with van der Waals surface area (Å²) in [7, 11) is 0. The zero-order valence-electron chi connectivity index (χ0n) is 16.5. The van der Waals surface area contributed by atoms with E-state index in [9.17, 15) is 23.1 Å². The number of benzene rings is 2. The van der Waals surface area contributed by atoms with Gasteiger partial charge in [0.1, 0.15) is 5.44 Å². The van der Waals surface area contributed by atoms with Crippen molar-refractivity contribution in [2.24, 2.45) is 5.16 Å². The van der Waals surface area contributed by atoms with E-state index in [-0.39, 0.29) is 33.3 Å². The van der Waals surface area contributed by atoms with Gasteiger partial charge in [0.2, 0.25) is 0 Å². The lowest BCUT2D eigenvalue weighted by Gasteiger charge is -2.32. The summed E-state index contributed by atoms with van der Waals surface area (Å²) in [6, 6.07) is 7.95. The second kappa shape index (κ2) is 8.44. The number of aliphatic hydroxyl groups is 1. The maximum absolute atomic E-state index is 14.1. The molecule has 0 spiro atoms. The van der Waals surface area contributed by atoms with Crippen LogP contribution in [0.4, 0.5) is 13.2 Å². The fourth-order valence-corrected chi connectivity index (χ4v) is 4.82. The predicted molar refractivity (Wildman–Crippen MR) is 117 cm³/mol. The molecule has 11 heteroatoms. The van der Waals surface area contributed by atoms with E-state index in [1.807, 2.05) is 0 Å². The molecule has 0 aromatic heterocycles. The Hall–Kier alpha value is -1.94. The summed E-state index contributed by atoms with van der Waals surface area (Å²) in [4.78, 5) is 17.5. The van der Waals surface area contributed by atoms with Crippen LogP contribution in [0.15, 0.2) is 41.6 Å². The van der Waals surface area contributed by atoms with Crippen molar-refractivity contribution in [2.75, 3.05) is 5.75 Å². The number of rotatable bonds is 4. The van der Waals surface area contributed by atoms with E-state index in [4.69, 9.17) is 28.0 Å². The third-order valence-electron chi connectivity index (χ3n) is 5.43. The van der Waals surface area contributed by atoms with Crippen molar-refractivity contribution in [3.05, 3.63) is 68.7 Å². The molecule has 1 amide bonds. The Balaban J connectivity index is 1.59. The summed E-state index contributed by atoms with van der Waals surface area (Å²) in [6.45, 7) is 1.68. The van der Waals surface area contributed by atoms with Gasteiger partial charge in [-0.3, -0.25) is 4.79 Å². The predicted octanol–water partition coefficient (Wildman–Crippen LogP) is 5.05. The summed E-state index contributed by atoms with van der Waals surface area (Å²) in [5, 5.41) is 16.2. The number of halogens is 5. The number of thioether (sulfide) groups is 1. The van der Waals surface area contributed by atoms with E-state index in [0.29, 0.717) is 22.4 Å². The molecule has 2 heterocycles. The number of nitrogens with one attached hydrogen (secondary N) is 1. The minimum atomic E-state index is -4.79. The summed E-state index contributed by atoms with van der Waals surface area (Å²) in [5.41, 5.74) is -2.21. The van der Waals surface area contributed by atoms with Crippen molar-refractivity contribution in [3.63, 3.8) is 0 Å².